The van der Waals surface area contributed by atoms with Gasteiger partial charge >= 0.3 is 0 Å². The summed E-state index contributed by atoms with van der Waals surface area (Å²) >= 11 is 0. The molecule has 0 bridgehead atoms. The van der Waals surface area contributed by atoms with Gasteiger partial charge in [-0.25, -0.2) is 0 Å². The molecular weight excluding hydrogens is 386 g/mol. The van der Waals surface area contributed by atoms with Gasteiger partial charge in [0.2, 0.25) is 5.91 Å². The Morgan fingerprint density at radius 2 is 2.24 bits per heavy atom. The fraction of sp³-hybridized carbons (Fsp3) is 0.476. The van der Waals surface area contributed by atoms with Crippen LogP contribution >= 0.6 is 0 Å². The summed E-state index contributed by atoms with van der Waals surface area (Å²) in [6, 6.07) is 9.15. The zero-order valence-corrected chi connectivity index (χ0v) is 17.6. The van der Waals surface area contributed by atoms with Gasteiger partial charge in [-0.15, -0.1) is 0 Å². The number of aromatic nitrogens is 1. The Hall–Kier alpha value is -2.50. The van der Waals surface area contributed by atoms with Crippen LogP contribution in [0, 0.1) is 17.2 Å². The van der Waals surface area contributed by atoms with Crippen molar-refractivity contribution in [1.29, 1.82) is 5.26 Å². The van der Waals surface area contributed by atoms with Gasteiger partial charge in [-0.05, 0) is 43.0 Å². The summed E-state index contributed by atoms with van der Waals surface area (Å²) in [6.07, 6.45) is 4.59. The second kappa shape index (κ2) is 9.33. The van der Waals surface area contributed by atoms with E-state index in [1.165, 1.54) is 0 Å². The molecule has 0 spiro atoms. The van der Waals surface area contributed by atoms with Crippen molar-refractivity contribution in [3.63, 3.8) is 0 Å². The first-order valence-corrected chi connectivity index (χ1v) is 11.5. The minimum atomic E-state index is -0.959. The topological polar surface area (TPSA) is 112 Å². The Morgan fingerprint density at radius 3 is 2.97 bits per heavy atom. The van der Waals surface area contributed by atoms with E-state index in [-0.39, 0.29) is 11.9 Å². The Labute approximate surface area is 173 Å². The normalized spacial score (nSPS) is 21.4. The van der Waals surface area contributed by atoms with Crippen LogP contribution in [0.15, 0.2) is 30.5 Å². The molecule has 4 atom stereocenters. The van der Waals surface area contributed by atoms with E-state index in [0.717, 1.165) is 24.0 Å². The van der Waals surface area contributed by atoms with Gasteiger partial charge in [0.15, 0.2) is 0 Å². The molecule has 3 N–H and O–H groups in total. The number of benzene rings is 1. The third-order valence-electron chi connectivity index (χ3n) is 5.27. The van der Waals surface area contributed by atoms with Crippen molar-refractivity contribution in [3.05, 3.63) is 36.0 Å². The van der Waals surface area contributed by atoms with Crippen LogP contribution in [0.3, 0.4) is 0 Å². The van der Waals surface area contributed by atoms with Crippen molar-refractivity contribution in [2.45, 2.75) is 31.8 Å². The lowest BCUT2D eigenvalue weighted by Crippen LogP contribution is -2.54. The number of nitrogens with two attached hydrogens (primary N) is 1. The van der Waals surface area contributed by atoms with Crippen LogP contribution in [0.4, 0.5) is 5.69 Å². The molecule has 7 nitrogen and oxygen atoms in total. The lowest BCUT2D eigenvalue weighted by molar-refractivity contribution is -0.123. The highest BCUT2D eigenvalue weighted by molar-refractivity contribution is 7.84. The van der Waals surface area contributed by atoms with Crippen molar-refractivity contribution in [2.24, 2.45) is 11.7 Å². The molecule has 1 amide bonds. The number of rotatable bonds is 6. The molecule has 1 aromatic carbocycles. The number of carbonyl (C=O) groups is 1. The Bertz CT molecular complexity index is 958. The van der Waals surface area contributed by atoms with Crippen molar-refractivity contribution in [1.82, 2.24) is 10.3 Å². The number of anilines is 1. The highest BCUT2D eigenvalue weighted by atomic mass is 32.2. The minimum absolute atomic E-state index is 0.0215. The van der Waals surface area contributed by atoms with E-state index in [0.29, 0.717) is 35.7 Å². The van der Waals surface area contributed by atoms with Crippen molar-refractivity contribution in [2.75, 3.05) is 30.0 Å². The van der Waals surface area contributed by atoms with E-state index < -0.39 is 16.8 Å². The van der Waals surface area contributed by atoms with Gasteiger partial charge in [-0.1, -0.05) is 6.92 Å². The van der Waals surface area contributed by atoms with Crippen molar-refractivity contribution >= 4 is 33.3 Å². The maximum Gasteiger partial charge on any atom is 0.237 e. The van der Waals surface area contributed by atoms with Crippen molar-refractivity contribution in [3.8, 4) is 6.07 Å². The number of pyridine rings is 1. The standard InChI is InChI=1S/C21H27N5O2S/c1-14-10-16(25-21(27)18(23)7-9-29(2)28)13-26(12-14)19-6-5-15(11-22)20-17(19)4-3-8-24-20/h3-6,8,14,16,18H,7,9-10,12-13,23H2,1-2H3,(H,25,27)/t14-,16+,18-,29?/m0/s1. The molecule has 8 heteroatoms. The number of amides is 1. The fourth-order valence-corrected chi connectivity index (χ4v) is 4.49. The molecule has 1 saturated heterocycles. The molecule has 3 rings (SSSR count). The van der Waals surface area contributed by atoms with Gasteiger partial charge in [0.25, 0.3) is 0 Å². The van der Waals surface area contributed by atoms with E-state index in [9.17, 15) is 14.3 Å². The van der Waals surface area contributed by atoms with Crippen LogP contribution in [-0.4, -0.2) is 52.3 Å². The number of nitrogens with one attached hydrogen (secondary N) is 1. The molecule has 0 saturated carbocycles. The maximum absolute atomic E-state index is 12.5. The number of hydrogen-bond donors (Lipinski definition) is 2. The van der Waals surface area contributed by atoms with Crippen LogP contribution in [0.2, 0.25) is 0 Å². The molecule has 2 heterocycles. The van der Waals surface area contributed by atoms with Gasteiger partial charge in [0.05, 0.1) is 17.1 Å². The Morgan fingerprint density at radius 1 is 1.45 bits per heavy atom. The lowest BCUT2D eigenvalue weighted by atomic mass is 9.94. The van der Waals surface area contributed by atoms with E-state index >= 15 is 0 Å². The number of nitrogens with zero attached hydrogens (tertiary/aromatic N) is 3. The number of piperidine rings is 1. The van der Waals surface area contributed by atoms with E-state index in [2.05, 4.69) is 28.2 Å². The predicted molar refractivity (Wildman–Crippen MR) is 116 cm³/mol. The summed E-state index contributed by atoms with van der Waals surface area (Å²) < 4.78 is 11.2. The summed E-state index contributed by atoms with van der Waals surface area (Å²) in [6.45, 7) is 3.69. The summed E-state index contributed by atoms with van der Waals surface area (Å²) in [5, 5.41) is 13.4. The quantitative estimate of drug-likeness (QED) is 0.743. The smallest absolute Gasteiger partial charge is 0.237 e. The summed E-state index contributed by atoms with van der Waals surface area (Å²) in [5.74, 6) is 0.614. The third-order valence-corrected chi connectivity index (χ3v) is 6.08. The molecular formula is C21H27N5O2S. The molecule has 0 radical (unpaired) electrons. The third kappa shape index (κ3) is 5.11. The minimum Gasteiger partial charge on any atom is -0.369 e. The van der Waals surface area contributed by atoms with E-state index in [1.54, 1.807) is 18.5 Å². The summed E-state index contributed by atoms with van der Waals surface area (Å²) in [4.78, 5) is 19.1. The molecule has 0 aliphatic carbocycles. The second-order valence-electron chi connectivity index (χ2n) is 7.77. The Kier molecular flexibility index (Phi) is 6.83. The zero-order valence-electron chi connectivity index (χ0n) is 16.8. The van der Waals surface area contributed by atoms with Crippen LogP contribution in [-0.2, 0) is 15.6 Å². The number of fused-ring (bicyclic) bond motifs is 1. The van der Waals surface area contributed by atoms with Crippen LogP contribution in [0.25, 0.3) is 10.9 Å². The highest BCUT2D eigenvalue weighted by Gasteiger charge is 2.28. The Balaban J connectivity index is 1.77. The van der Waals surface area contributed by atoms with E-state index in [4.69, 9.17) is 5.73 Å². The van der Waals surface area contributed by atoms with Crippen LogP contribution in [0.1, 0.15) is 25.3 Å². The molecule has 1 fully saturated rings. The molecule has 154 valence electrons. The van der Waals surface area contributed by atoms with Gasteiger partial charge in [-0.2, -0.15) is 5.26 Å². The molecule has 1 aliphatic rings. The first-order chi connectivity index (χ1) is 13.9. The first kappa shape index (κ1) is 21.2. The molecule has 1 aliphatic heterocycles. The van der Waals surface area contributed by atoms with Gasteiger partial charge in [0, 0.05) is 59.2 Å². The number of nitriles is 1. The van der Waals surface area contributed by atoms with Gasteiger partial charge < -0.3 is 16.0 Å². The lowest BCUT2D eigenvalue weighted by Gasteiger charge is -2.39. The average Bonchev–Trinajstić information content (AvgIpc) is 2.70. The van der Waals surface area contributed by atoms with Crippen molar-refractivity contribution < 1.29 is 9.00 Å². The average molecular weight is 414 g/mol. The van der Waals surface area contributed by atoms with Crippen LogP contribution < -0.4 is 16.0 Å². The maximum atomic E-state index is 12.5. The monoisotopic (exact) mass is 413 g/mol. The SMILES string of the molecule is C[C@H]1C[C@@H](NC(=O)[C@@H](N)CCS(C)=O)CN(c2ccc(C#N)c3ncccc23)C1. The molecule has 1 unspecified atom stereocenters. The summed E-state index contributed by atoms with van der Waals surface area (Å²) in [7, 11) is -0.959. The molecule has 1 aromatic heterocycles. The van der Waals surface area contributed by atoms with Gasteiger partial charge in [-0.3, -0.25) is 14.0 Å². The first-order valence-electron chi connectivity index (χ1n) is 9.77. The summed E-state index contributed by atoms with van der Waals surface area (Å²) in [5.41, 5.74) is 8.24. The van der Waals surface area contributed by atoms with Crippen LogP contribution in [0.5, 0.6) is 0 Å². The highest BCUT2D eigenvalue weighted by Crippen LogP contribution is 2.31. The number of hydrogen-bond acceptors (Lipinski definition) is 6. The van der Waals surface area contributed by atoms with Gasteiger partial charge in [0.1, 0.15) is 6.07 Å². The van der Waals surface area contributed by atoms with E-state index in [1.807, 2.05) is 18.2 Å². The number of carbonyl (C=O) groups excluding carboxylic acids is 1. The zero-order chi connectivity index (χ0) is 21.0. The molecule has 2 aromatic rings. The fourth-order valence-electron chi connectivity index (χ4n) is 3.91. The second-order valence-corrected chi connectivity index (χ2v) is 9.32. The largest absolute Gasteiger partial charge is 0.369 e. The predicted octanol–water partition coefficient (Wildman–Crippen LogP) is 1.53. The molecule has 29 heavy (non-hydrogen) atoms.